The van der Waals surface area contributed by atoms with Crippen molar-refractivity contribution in [3.8, 4) is 39.0 Å². The molecule has 210 valence electrons. The number of benzene rings is 2. The number of aryl methyl sites for hydroxylation is 1. The summed E-state index contributed by atoms with van der Waals surface area (Å²) in [5, 5.41) is 11.4. The molecule has 10 heteroatoms. The summed E-state index contributed by atoms with van der Waals surface area (Å²) in [6.45, 7) is 7.45. The molecule has 1 N–H and O–H groups in total. The first-order chi connectivity index (χ1) is 19.6. The Morgan fingerprint density at radius 2 is 1.76 bits per heavy atom. The average Bonchev–Trinajstić information content (AvgIpc) is 3.37. The van der Waals surface area contributed by atoms with Gasteiger partial charge in [-0.3, -0.25) is 9.78 Å². The third-order valence-electron chi connectivity index (χ3n) is 6.26. The quantitative estimate of drug-likeness (QED) is 0.190. The van der Waals surface area contributed by atoms with Crippen molar-refractivity contribution in [2.45, 2.75) is 39.7 Å². The number of rotatable bonds is 9. The highest BCUT2D eigenvalue weighted by Gasteiger charge is 2.22. The summed E-state index contributed by atoms with van der Waals surface area (Å²) in [5.41, 5.74) is 5.69. The maximum absolute atomic E-state index is 12.8. The molecular weight excluding hydrogens is 560 g/mol. The van der Waals surface area contributed by atoms with E-state index in [4.69, 9.17) is 26.1 Å². The second kappa shape index (κ2) is 11.9. The maximum Gasteiger partial charge on any atom is 0.316 e. The highest BCUT2D eigenvalue weighted by molar-refractivity contribution is 7.22. The van der Waals surface area contributed by atoms with E-state index in [-0.39, 0.29) is 13.0 Å². The van der Waals surface area contributed by atoms with Crippen LogP contribution in [0, 0.1) is 6.92 Å². The Bertz CT molecular complexity index is 1700. The molecule has 0 fully saturated rings. The number of halogens is 1. The van der Waals surface area contributed by atoms with E-state index in [0.29, 0.717) is 23.3 Å². The smallest absolute Gasteiger partial charge is 0.316 e. The lowest BCUT2D eigenvalue weighted by atomic mass is 9.93. The molecule has 41 heavy (non-hydrogen) atoms. The molecule has 0 spiro atoms. The Morgan fingerprint density at radius 1 is 1.02 bits per heavy atom. The zero-order valence-electron chi connectivity index (χ0n) is 23.1. The fraction of sp³-hybridized carbons (Fsp3) is 0.258. The van der Waals surface area contributed by atoms with Crippen molar-refractivity contribution in [3.63, 3.8) is 0 Å². The van der Waals surface area contributed by atoms with Crippen LogP contribution in [-0.2, 0) is 16.0 Å². The monoisotopic (exact) mass is 588 g/mol. The van der Waals surface area contributed by atoms with E-state index in [1.165, 1.54) is 0 Å². The normalized spacial score (nSPS) is 11.6. The number of aliphatic hydroxyl groups is 1. The van der Waals surface area contributed by atoms with Crippen LogP contribution >= 0.6 is 22.9 Å². The van der Waals surface area contributed by atoms with Crippen LogP contribution in [0.1, 0.15) is 31.9 Å². The fourth-order valence-corrected chi connectivity index (χ4v) is 5.59. The molecule has 0 saturated heterocycles. The molecule has 0 unspecified atom stereocenters. The minimum atomic E-state index is -1.11. The van der Waals surface area contributed by atoms with E-state index in [1.807, 2.05) is 56.3 Å². The molecule has 0 amide bonds. The lowest BCUT2D eigenvalue weighted by Crippen LogP contribution is -2.28. The molecule has 2 aromatic carbocycles. The predicted molar refractivity (Wildman–Crippen MR) is 161 cm³/mol. The highest BCUT2D eigenvalue weighted by atomic mass is 35.5. The van der Waals surface area contributed by atoms with Crippen LogP contribution in [0.5, 0.6) is 6.01 Å². The lowest BCUT2D eigenvalue weighted by Gasteiger charge is -2.18. The van der Waals surface area contributed by atoms with Gasteiger partial charge in [-0.05, 0) is 74.7 Å². The van der Waals surface area contributed by atoms with Gasteiger partial charge < -0.3 is 14.6 Å². The number of ether oxygens (including phenoxy) is 2. The van der Waals surface area contributed by atoms with Crippen LogP contribution in [-0.4, -0.2) is 49.8 Å². The molecule has 5 aromatic rings. The van der Waals surface area contributed by atoms with E-state index < -0.39 is 11.6 Å². The molecule has 3 heterocycles. The van der Waals surface area contributed by atoms with Crippen molar-refractivity contribution in [2.24, 2.45) is 0 Å². The molecule has 3 aromatic heterocycles. The van der Waals surface area contributed by atoms with Gasteiger partial charge >= 0.3 is 12.0 Å². The fourth-order valence-electron chi connectivity index (χ4n) is 4.33. The van der Waals surface area contributed by atoms with Crippen molar-refractivity contribution in [3.05, 3.63) is 77.2 Å². The molecule has 0 aliphatic heterocycles. The van der Waals surface area contributed by atoms with E-state index in [2.05, 4.69) is 15.0 Å². The number of aromatic nitrogens is 4. The van der Waals surface area contributed by atoms with E-state index >= 15 is 0 Å². The Hall–Kier alpha value is -3.92. The SMILES string of the molecule is CCOc1ncc(-c2cc(-c3nc4cc(C)c(CC(=O)OCC(C)(C)O)c(-c5ccc(Cl)cc5)c4s3)ccn2)cn1. The van der Waals surface area contributed by atoms with Crippen molar-refractivity contribution in [1.82, 2.24) is 19.9 Å². The summed E-state index contributed by atoms with van der Waals surface area (Å²) in [7, 11) is 0. The van der Waals surface area contributed by atoms with Crippen LogP contribution in [0.3, 0.4) is 0 Å². The first-order valence-electron chi connectivity index (χ1n) is 13.1. The predicted octanol–water partition coefficient (Wildman–Crippen LogP) is 6.70. The van der Waals surface area contributed by atoms with Gasteiger partial charge in [-0.15, -0.1) is 11.3 Å². The standard InChI is InChI=1S/C31H29ClN4O4S/c1-5-39-30-34-15-21(16-35-30)24-13-20(10-11-33-24)29-36-25-12-18(2)23(14-26(37)40-17-31(3,4)38)27(28(25)41-29)19-6-8-22(32)9-7-19/h6-13,15-16,38H,5,14,17H2,1-4H3. The number of thiazole rings is 1. The van der Waals surface area contributed by atoms with Gasteiger partial charge in [0.05, 0.1) is 34.5 Å². The number of nitrogens with zero attached hydrogens (tertiary/aromatic N) is 4. The summed E-state index contributed by atoms with van der Waals surface area (Å²) >= 11 is 7.74. The number of hydrogen-bond acceptors (Lipinski definition) is 9. The summed E-state index contributed by atoms with van der Waals surface area (Å²) in [6, 6.07) is 13.7. The molecule has 0 radical (unpaired) electrons. The van der Waals surface area contributed by atoms with Crippen LogP contribution in [0.25, 0.3) is 43.2 Å². The van der Waals surface area contributed by atoms with Gasteiger partial charge in [-0.2, -0.15) is 0 Å². The summed E-state index contributed by atoms with van der Waals surface area (Å²) < 4.78 is 11.7. The van der Waals surface area contributed by atoms with Gasteiger partial charge in [0.2, 0.25) is 0 Å². The largest absolute Gasteiger partial charge is 0.464 e. The van der Waals surface area contributed by atoms with Crippen LogP contribution in [0.15, 0.2) is 61.1 Å². The number of carbonyl (C=O) groups is 1. The second-order valence-electron chi connectivity index (χ2n) is 10.2. The number of hydrogen-bond donors (Lipinski definition) is 1. The molecule has 0 atom stereocenters. The van der Waals surface area contributed by atoms with E-state index in [9.17, 15) is 9.90 Å². The third-order valence-corrected chi connectivity index (χ3v) is 7.65. The van der Waals surface area contributed by atoms with Gasteiger partial charge in [-0.25, -0.2) is 15.0 Å². The Balaban J connectivity index is 1.57. The molecule has 0 aliphatic carbocycles. The Morgan fingerprint density at radius 3 is 2.44 bits per heavy atom. The van der Waals surface area contributed by atoms with Gasteiger partial charge in [0.1, 0.15) is 11.6 Å². The minimum absolute atomic E-state index is 0.0557. The lowest BCUT2D eigenvalue weighted by molar-refractivity contribution is -0.149. The van der Waals surface area contributed by atoms with Crippen molar-refractivity contribution >= 4 is 39.1 Å². The number of fused-ring (bicyclic) bond motifs is 1. The van der Waals surface area contributed by atoms with Crippen LogP contribution in [0.4, 0.5) is 0 Å². The summed E-state index contributed by atoms with van der Waals surface area (Å²) in [4.78, 5) is 30.8. The third kappa shape index (κ3) is 6.70. The van der Waals surface area contributed by atoms with E-state index in [1.54, 1.807) is 43.8 Å². The molecule has 0 bridgehead atoms. The van der Waals surface area contributed by atoms with Crippen molar-refractivity contribution in [1.29, 1.82) is 0 Å². The zero-order valence-corrected chi connectivity index (χ0v) is 24.7. The van der Waals surface area contributed by atoms with Gasteiger partial charge in [0.25, 0.3) is 0 Å². The Kier molecular flexibility index (Phi) is 8.30. The summed E-state index contributed by atoms with van der Waals surface area (Å²) in [6.07, 6.45) is 5.17. The number of pyridine rings is 1. The molecular formula is C31H29ClN4O4S. The number of carbonyl (C=O) groups excluding carboxylic acids is 1. The minimum Gasteiger partial charge on any atom is -0.464 e. The second-order valence-corrected chi connectivity index (χ2v) is 11.6. The number of esters is 1. The van der Waals surface area contributed by atoms with Gasteiger partial charge in [-0.1, -0.05) is 23.7 Å². The highest BCUT2D eigenvalue weighted by Crippen LogP contribution is 2.41. The average molecular weight is 589 g/mol. The molecule has 0 saturated carbocycles. The van der Waals surface area contributed by atoms with Crippen molar-refractivity contribution < 1.29 is 19.4 Å². The van der Waals surface area contributed by atoms with Crippen molar-refractivity contribution in [2.75, 3.05) is 13.2 Å². The molecule has 0 aliphatic rings. The maximum atomic E-state index is 12.8. The molecule has 5 rings (SSSR count). The Labute approximate surface area is 247 Å². The topological polar surface area (TPSA) is 107 Å². The zero-order chi connectivity index (χ0) is 29.1. The first kappa shape index (κ1) is 28.6. The summed E-state index contributed by atoms with van der Waals surface area (Å²) in [5.74, 6) is -0.411. The van der Waals surface area contributed by atoms with Gasteiger partial charge in [0.15, 0.2) is 0 Å². The molecule has 8 nitrogen and oxygen atoms in total. The van der Waals surface area contributed by atoms with Gasteiger partial charge in [0, 0.05) is 40.3 Å². The van der Waals surface area contributed by atoms with Crippen LogP contribution < -0.4 is 4.74 Å². The first-order valence-corrected chi connectivity index (χ1v) is 14.3. The van der Waals surface area contributed by atoms with Crippen LogP contribution in [0.2, 0.25) is 5.02 Å². The van der Waals surface area contributed by atoms with E-state index in [0.717, 1.165) is 48.6 Å².